The van der Waals surface area contributed by atoms with Crippen LogP contribution in [-0.4, -0.2) is 12.0 Å². The molecule has 15 heavy (non-hydrogen) atoms. The highest BCUT2D eigenvalue weighted by atomic mass is 14.9. The second-order valence-corrected chi connectivity index (χ2v) is 4.26. The average molecular weight is 202 g/mol. The summed E-state index contributed by atoms with van der Waals surface area (Å²) < 4.78 is 0. The first-order valence-corrected chi connectivity index (χ1v) is 5.39. The summed E-state index contributed by atoms with van der Waals surface area (Å²) in [5.74, 6) is 0. The molecule has 2 N–H and O–H groups in total. The molecule has 1 aromatic heterocycles. The Morgan fingerprint density at radius 3 is 2.67 bits per heavy atom. The number of rotatable bonds is 2. The van der Waals surface area contributed by atoms with Crippen molar-refractivity contribution in [1.82, 2.24) is 10.3 Å². The summed E-state index contributed by atoms with van der Waals surface area (Å²) in [6.45, 7) is 6.49. The molecule has 0 amide bonds. The summed E-state index contributed by atoms with van der Waals surface area (Å²) in [4.78, 5) is 3.35. The third-order valence-electron chi connectivity index (χ3n) is 3.05. The van der Waals surface area contributed by atoms with E-state index in [1.165, 1.54) is 27.6 Å². The molecule has 0 aliphatic rings. The molecule has 0 saturated carbocycles. The van der Waals surface area contributed by atoms with Crippen molar-refractivity contribution < 1.29 is 0 Å². The second kappa shape index (κ2) is 3.70. The maximum absolute atomic E-state index is 3.35. The van der Waals surface area contributed by atoms with Crippen LogP contribution < -0.4 is 5.32 Å². The van der Waals surface area contributed by atoms with Crippen LogP contribution in [0.15, 0.2) is 18.3 Å². The molecule has 2 heteroatoms. The molecule has 1 aromatic carbocycles. The van der Waals surface area contributed by atoms with Crippen molar-refractivity contribution in [2.24, 2.45) is 0 Å². The van der Waals surface area contributed by atoms with Crippen molar-refractivity contribution >= 4 is 10.9 Å². The zero-order valence-electron chi connectivity index (χ0n) is 9.81. The van der Waals surface area contributed by atoms with E-state index in [1.54, 1.807) is 0 Å². The Morgan fingerprint density at radius 2 is 2.00 bits per heavy atom. The largest absolute Gasteiger partial charge is 0.361 e. The van der Waals surface area contributed by atoms with Gasteiger partial charge in [-0.15, -0.1) is 0 Å². The van der Waals surface area contributed by atoms with E-state index in [4.69, 9.17) is 0 Å². The van der Waals surface area contributed by atoms with Gasteiger partial charge in [-0.25, -0.2) is 0 Å². The van der Waals surface area contributed by atoms with E-state index in [2.05, 4.69) is 49.4 Å². The van der Waals surface area contributed by atoms with E-state index in [1.807, 2.05) is 7.05 Å². The summed E-state index contributed by atoms with van der Waals surface area (Å²) in [7, 11) is 1.99. The van der Waals surface area contributed by atoms with Crippen LogP contribution >= 0.6 is 0 Å². The lowest BCUT2D eigenvalue weighted by molar-refractivity contribution is 0.657. The Balaban J connectivity index is 2.69. The molecule has 2 nitrogen and oxygen atoms in total. The molecule has 0 radical (unpaired) electrons. The van der Waals surface area contributed by atoms with Crippen molar-refractivity contribution in [3.63, 3.8) is 0 Å². The number of aryl methyl sites for hydroxylation is 2. The molecule has 0 aliphatic heterocycles. The molecule has 1 atom stereocenters. The molecule has 80 valence electrons. The molecule has 2 aromatic rings. The van der Waals surface area contributed by atoms with E-state index >= 15 is 0 Å². The van der Waals surface area contributed by atoms with E-state index < -0.39 is 0 Å². The number of H-pyrrole nitrogens is 1. The van der Waals surface area contributed by atoms with Crippen LogP contribution in [0.1, 0.15) is 29.7 Å². The topological polar surface area (TPSA) is 27.8 Å². The number of hydrogen-bond donors (Lipinski definition) is 2. The predicted molar refractivity (Wildman–Crippen MR) is 65.2 cm³/mol. The summed E-state index contributed by atoms with van der Waals surface area (Å²) in [6.07, 6.45) is 2.11. The Bertz CT molecular complexity index is 482. The number of hydrogen-bond acceptors (Lipinski definition) is 1. The molecule has 0 aliphatic carbocycles. The fourth-order valence-corrected chi connectivity index (χ4v) is 2.19. The molecule has 0 saturated heterocycles. The first-order valence-electron chi connectivity index (χ1n) is 5.39. The van der Waals surface area contributed by atoms with Crippen LogP contribution in [0.4, 0.5) is 0 Å². The lowest BCUT2D eigenvalue weighted by atomic mass is 10.0. The van der Waals surface area contributed by atoms with E-state index in [9.17, 15) is 0 Å². The lowest BCUT2D eigenvalue weighted by Crippen LogP contribution is -2.11. The van der Waals surface area contributed by atoms with Crippen LogP contribution in [0.5, 0.6) is 0 Å². The van der Waals surface area contributed by atoms with Gasteiger partial charge in [-0.2, -0.15) is 0 Å². The van der Waals surface area contributed by atoms with Gasteiger partial charge in [0.05, 0.1) is 0 Å². The fourth-order valence-electron chi connectivity index (χ4n) is 2.19. The average Bonchev–Trinajstić information content (AvgIpc) is 2.60. The molecule has 2 rings (SSSR count). The summed E-state index contributed by atoms with van der Waals surface area (Å²) >= 11 is 0. The highest BCUT2D eigenvalue weighted by Gasteiger charge is 2.11. The predicted octanol–water partition coefficient (Wildman–Crippen LogP) is 3.07. The van der Waals surface area contributed by atoms with Gasteiger partial charge in [-0.3, -0.25) is 0 Å². The quantitative estimate of drug-likeness (QED) is 0.769. The monoisotopic (exact) mass is 202 g/mol. The van der Waals surface area contributed by atoms with E-state index in [0.717, 1.165) is 0 Å². The molecule has 0 spiro atoms. The standard InChI is InChI=1S/C13H18N2/c1-8-5-9(2)13-11(10(3)14-4)7-15-12(13)6-8/h5-7,10,14-15H,1-4H3. The van der Waals surface area contributed by atoms with Gasteiger partial charge in [0.1, 0.15) is 0 Å². The maximum Gasteiger partial charge on any atom is 0.0462 e. The minimum atomic E-state index is 0.389. The fraction of sp³-hybridized carbons (Fsp3) is 0.385. The summed E-state index contributed by atoms with van der Waals surface area (Å²) in [5, 5.41) is 4.64. The zero-order valence-corrected chi connectivity index (χ0v) is 9.81. The van der Waals surface area contributed by atoms with Gasteiger partial charge >= 0.3 is 0 Å². The first-order chi connectivity index (χ1) is 7.13. The number of benzene rings is 1. The number of fused-ring (bicyclic) bond motifs is 1. The van der Waals surface area contributed by atoms with Gasteiger partial charge < -0.3 is 10.3 Å². The first kappa shape index (κ1) is 10.2. The molecule has 0 bridgehead atoms. The van der Waals surface area contributed by atoms with Crippen molar-refractivity contribution in [3.8, 4) is 0 Å². The maximum atomic E-state index is 3.35. The Morgan fingerprint density at radius 1 is 1.27 bits per heavy atom. The van der Waals surface area contributed by atoms with Crippen LogP contribution in [0.25, 0.3) is 10.9 Å². The molecule has 0 fully saturated rings. The number of aromatic amines is 1. The van der Waals surface area contributed by atoms with Crippen LogP contribution in [-0.2, 0) is 0 Å². The molecule has 1 heterocycles. The number of nitrogens with one attached hydrogen (secondary N) is 2. The van der Waals surface area contributed by atoms with Gasteiger partial charge in [0.2, 0.25) is 0 Å². The van der Waals surface area contributed by atoms with Crippen molar-refractivity contribution in [2.45, 2.75) is 26.8 Å². The molecule has 1 unspecified atom stereocenters. The number of aromatic nitrogens is 1. The van der Waals surface area contributed by atoms with Crippen LogP contribution in [0, 0.1) is 13.8 Å². The van der Waals surface area contributed by atoms with E-state index in [0.29, 0.717) is 6.04 Å². The third-order valence-corrected chi connectivity index (χ3v) is 3.05. The van der Waals surface area contributed by atoms with Gasteiger partial charge in [0, 0.05) is 23.1 Å². The minimum Gasteiger partial charge on any atom is -0.361 e. The van der Waals surface area contributed by atoms with Gasteiger partial charge in [0.25, 0.3) is 0 Å². The van der Waals surface area contributed by atoms with Gasteiger partial charge in [0.15, 0.2) is 0 Å². The van der Waals surface area contributed by atoms with Crippen LogP contribution in [0.3, 0.4) is 0 Å². The summed E-state index contributed by atoms with van der Waals surface area (Å²) in [5.41, 5.74) is 5.25. The third kappa shape index (κ3) is 1.65. The summed E-state index contributed by atoms with van der Waals surface area (Å²) in [6, 6.07) is 4.83. The second-order valence-electron chi connectivity index (χ2n) is 4.26. The highest BCUT2D eigenvalue weighted by Crippen LogP contribution is 2.27. The van der Waals surface area contributed by atoms with Crippen molar-refractivity contribution in [1.29, 1.82) is 0 Å². The van der Waals surface area contributed by atoms with Crippen molar-refractivity contribution in [3.05, 3.63) is 35.0 Å². The Kier molecular flexibility index (Phi) is 2.53. The Hall–Kier alpha value is -1.28. The van der Waals surface area contributed by atoms with Crippen LogP contribution in [0.2, 0.25) is 0 Å². The smallest absolute Gasteiger partial charge is 0.0462 e. The van der Waals surface area contributed by atoms with Gasteiger partial charge in [-0.1, -0.05) is 6.07 Å². The van der Waals surface area contributed by atoms with E-state index in [-0.39, 0.29) is 0 Å². The zero-order chi connectivity index (χ0) is 11.0. The normalized spacial score (nSPS) is 13.3. The Labute approximate surface area is 90.7 Å². The molecular formula is C13H18N2. The SMILES string of the molecule is CNC(C)c1c[nH]c2cc(C)cc(C)c12. The minimum absolute atomic E-state index is 0.389. The molecular weight excluding hydrogens is 184 g/mol. The van der Waals surface area contributed by atoms with Gasteiger partial charge in [-0.05, 0) is 50.6 Å². The highest BCUT2D eigenvalue weighted by molar-refractivity contribution is 5.87. The van der Waals surface area contributed by atoms with Crippen molar-refractivity contribution in [2.75, 3.05) is 7.05 Å². The lowest BCUT2D eigenvalue weighted by Gasteiger charge is -2.10.